The van der Waals surface area contributed by atoms with Crippen LogP contribution in [0.1, 0.15) is 63.8 Å². The van der Waals surface area contributed by atoms with E-state index in [2.05, 4.69) is 9.97 Å². The van der Waals surface area contributed by atoms with Crippen LogP contribution in [0.2, 0.25) is 0 Å². The average molecular weight is 482 g/mol. The summed E-state index contributed by atoms with van der Waals surface area (Å²) in [4.78, 5) is 7.60. The minimum Gasteiger partial charge on any atom is -0.385 e. The molecule has 5 rings (SSSR count). The van der Waals surface area contributed by atoms with E-state index in [4.69, 9.17) is 5.26 Å². The fourth-order valence-electron chi connectivity index (χ4n) is 5.18. The van der Waals surface area contributed by atoms with Gasteiger partial charge in [-0.15, -0.1) is 0 Å². The molecule has 5 nitrogen and oxygen atoms in total. The Kier molecular flexibility index (Phi) is 5.49. The molecule has 0 unspecified atom stereocenters. The normalized spacial score (nSPS) is 24.9. The zero-order valence-electron chi connectivity index (χ0n) is 17.8. The van der Waals surface area contributed by atoms with Gasteiger partial charge in [-0.25, -0.2) is 31.9 Å². The Morgan fingerprint density at radius 3 is 2.29 bits per heavy atom. The van der Waals surface area contributed by atoms with Crippen molar-refractivity contribution in [3.8, 4) is 23.3 Å². The number of halogens is 5. The molecule has 1 aromatic heterocycles. The molecule has 0 bridgehead atoms. The number of aromatic nitrogens is 2. The van der Waals surface area contributed by atoms with Gasteiger partial charge in [-0.3, -0.25) is 0 Å². The van der Waals surface area contributed by atoms with Crippen molar-refractivity contribution in [2.45, 2.75) is 43.4 Å². The molecule has 0 spiro atoms. The largest absolute Gasteiger partial charge is 0.385 e. The summed E-state index contributed by atoms with van der Waals surface area (Å²) in [7, 11) is 0. The maximum atomic E-state index is 15.6. The maximum Gasteiger partial charge on any atom is 0.232 e. The van der Waals surface area contributed by atoms with Crippen LogP contribution >= 0.6 is 0 Å². The molecule has 0 saturated heterocycles. The molecule has 10 heteroatoms. The molecular formula is C25H15F5N4O. The van der Waals surface area contributed by atoms with E-state index in [9.17, 15) is 27.9 Å². The number of alkyl halides is 3. The van der Waals surface area contributed by atoms with E-state index in [0.717, 1.165) is 18.2 Å². The van der Waals surface area contributed by atoms with Crippen LogP contribution in [-0.4, -0.2) is 27.4 Å². The van der Waals surface area contributed by atoms with Crippen molar-refractivity contribution in [3.63, 3.8) is 0 Å². The van der Waals surface area contributed by atoms with Crippen LogP contribution in [0.3, 0.4) is 0 Å². The molecule has 1 N–H and O–H groups in total. The van der Waals surface area contributed by atoms with Crippen molar-refractivity contribution >= 4 is 0 Å². The second-order valence-electron chi connectivity index (χ2n) is 8.56. The van der Waals surface area contributed by atoms with E-state index in [1.807, 2.05) is 0 Å². The van der Waals surface area contributed by atoms with Crippen LogP contribution < -0.4 is 0 Å². The Morgan fingerprint density at radius 2 is 1.63 bits per heavy atom. The first-order chi connectivity index (χ1) is 16.7. The van der Waals surface area contributed by atoms with Crippen LogP contribution in [0.5, 0.6) is 0 Å². The molecule has 1 heterocycles. The van der Waals surface area contributed by atoms with Crippen molar-refractivity contribution in [2.24, 2.45) is 0 Å². The lowest BCUT2D eigenvalue weighted by molar-refractivity contribution is 0.0928. The monoisotopic (exact) mass is 482 g/mol. The molecule has 35 heavy (non-hydrogen) atoms. The van der Waals surface area contributed by atoms with Gasteiger partial charge in [-0.1, -0.05) is 0 Å². The first-order valence-corrected chi connectivity index (χ1v) is 10.7. The zero-order chi connectivity index (χ0) is 25.0. The lowest BCUT2D eigenvalue weighted by Gasteiger charge is -2.33. The smallest absolute Gasteiger partial charge is 0.232 e. The molecule has 0 saturated carbocycles. The van der Waals surface area contributed by atoms with E-state index in [1.54, 1.807) is 12.1 Å². The van der Waals surface area contributed by atoms with Gasteiger partial charge >= 0.3 is 0 Å². The summed E-state index contributed by atoms with van der Waals surface area (Å²) in [6.07, 6.45) is -6.25. The highest BCUT2D eigenvalue weighted by Crippen LogP contribution is 2.51. The summed E-state index contributed by atoms with van der Waals surface area (Å²) in [5, 5.41) is 29.1. The van der Waals surface area contributed by atoms with Crippen molar-refractivity contribution in [2.75, 3.05) is 0 Å². The molecular weight excluding hydrogens is 467 g/mol. The molecule has 5 atom stereocenters. The first kappa shape index (κ1) is 22.9. The molecule has 0 radical (unpaired) electrons. The number of aliphatic hydroxyl groups is 1. The fraction of sp³-hybridized carbons (Fsp3) is 0.280. The Balaban J connectivity index is 1.77. The van der Waals surface area contributed by atoms with Crippen LogP contribution in [0.15, 0.2) is 30.6 Å². The molecule has 2 aliphatic rings. The molecule has 3 aromatic rings. The third kappa shape index (κ3) is 3.53. The predicted octanol–water partition coefficient (Wildman–Crippen LogP) is 4.98. The number of aliphatic hydroxyl groups excluding tert-OH is 1. The summed E-state index contributed by atoms with van der Waals surface area (Å²) in [5.74, 6) is -3.06. The minimum absolute atomic E-state index is 0.0168. The van der Waals surface area contributed by atoms with E-state index < -0.39 is 48.6 Å². The molecule has 2 aromatic carbocycles. The molecule has 176 valence electrons. The summed E-state index contributed by atoms with van der Waals surface area (Å²) >= 11 is 0. The number of fused-ring (bicyclic) bond motifs is 2. The van der Waals surface area contributed by atoms with Gasteiger partial charge in [0.05, 0.1) is 11.6 Å². The lowest BCUT2D eigenvalue weighted by Crippen LogP contribution is -2.25. The van der Waals surface area contributed by atoms with Gasteiger partial charge in [0.1, 0.15) is 36.2 Å². The Hall–Kier alpha value is -3.89. The molecule has 0 aliphatic heterocycles. The second kappa shape index (κ2) is 8.40. The van der Waals surface area contributed by atoms with Crippen molar-refractivity contribution in [1.82, 2.24) is 9.97 Å². The van der Waals surface area contributed by atoms with Gasteiger partial charge in [0.25, 0.3) is 0 Å². The Morgan fingerprint density at radius 1 is 0.914 bits per heavy atom. The summed E-state index contributed by atoms with van der Waals surface area (Å²) in [6, 6.07) is 6.26. The van der Waals surface area contributed by atoms with Gasteiger partial charge in [0.2, 0.25) is 5.82 Å². The van der Waals surface area contributed by atoms with Crippen molar-refractivity contribution < 1.29 is 27.1 Å². The number of hydrogen-bond donors (Lipinski definition) is 1. The van der Waals surface area contributed by atoms with Gasteiger partial charge < -0.3 is 5.11 Å². The first-order valence-electron chi connectivity index (χ1n) is 10.7. The second-order valence-corrected chi connectivity index (χ2v) is 8.56. The standard InChI is InChI=1S/C25H15F5N4O/c26-12-1-10(6-31)21-14(4-18(28)24(30)16(21)2-12)13-3-17(27)22(11-8-33-20(7-32)34-9-11)23-15(13)5-19(29)25(23)35/h1-3,8-9,14,18-19,24-25,35H,4-5H2/t14-,18+,19-,24-,25-/m1/s1. The van der Waals surface area contributed by atoms with Crippen molar-refractivity contribution in [1.29, 1.82) is 10.5 Å². The summed E-state index contributed by atoms with van der Waals surface area (Å²) < 4.78 is 73.8. The van der Waals surface area contributed by atoms with E-state index in [-0.39, 0.29) is 56.8 Å². The maximum absolute atomic E-state index is 15.6. The number of nitrogens with zero attached hydrogens (tertiary/aromatic N) is 4. The quantitative estimate of drug-likeness (QED) is 0.520. The van der Waals surface area contributed by atoms with Crippen molar-refractivity contribution in [3.05, 3.63) is 81.4 Å². The SMILES string of the molecule is N#Cc1ncc(-c2c(F)cc([C@H]3C[C@H](F)[C@H](F)c4cc(F)cc(C#N)c43)c3c2[C@H](O)[C@H](F)C3)cn1. The molecule has 0 amide bonds. The summed E-state index contributed by atoms with van der Waals surface area (Å²) in [5.41, 5.74) is -0.435. The van der Waals surface area contributed by atoms with Gasteiger partial charge in [-0.2, -0.15) is 10.5 Å². The fourth-order valence-corrected chi connectivity index (χ4v) is 5.18. The third-order valence-corrected chi connectivity index (χ3v) is 6.64. The molecule has 0 fully saturated rings. The number of hydrogen-bond acceptors (Lipinski definition) is 5. The minimum atomic E-state index is -2.18. The average Bonchev–Trinajstić information content (AvgIpc) is 3.14. The Bertz CT molecular complexity index is 1430. The van der Waals surface area contributed by atoms with E-state index >= 15 is 4.39 Å². The van der Waals surface area contributed by atoms with Gasteiger partial charge in [-0.05, 0) is 52.4 Å². The topological polar surface area (TPSA) is 93.6 Å². The van der Waals surface area contributed by atoms with E-state index in [1.165, 1.54) is 12.4 Å². The third-order valence-electron chi connectivity index (χ3n) is 6.64. The highest BCUT2D eigenvalue weighted by molar-refractivity contribution is 5.72. The summed E-state index contributed by atoms with van der Waals surface area (Å²) in [6.45, 7) is 0. The van der Waals surface area contributed by atoms with Crippen LogP contribution in [0.4, 0.5) is 22.0 Å². The Labute approximate surface area is 196 Å². The van der Waals surface area contributed by atoms with Crippen LogP contribution in [0, 0.1) is 34.3 Å². The number of rotatable bonds is 2. The van der Waals surface area contributed by atoms with Gasteiger partial charge in [0, 0.05) is 35.9 Å². The molecule has 2 aliphatic carbocycles. The van der Waals surface area contributed by atoms with Gasteiger partial charge in [0.15, 0.2) is 6.17 Å². The predicted molar refractivity (Wildman–Crippen MR) is 112 cm³/mol. The van der Waals surface area contributed by atoms with Crippen LogP contribution in [-0.2, 0) is 6.42 Å². The van der Waals surface area contributed by atoms with E-state index in [0.29, 0.717) is 0 Å². The lowest BCUT2D eigenvalue weighted by atomic mass is 9.73. The highest BCUT2D eigenvalue weighted by Gasteiger charge is 2.43. The zero-order valence-corrected chi connectivity index (χ0v) is 17.8. The number of nitriles is 2. The number of benzene rings is 2. The highest BCUT2D eigenvalue weighted by atomic mass is 19.2. The van der Waals surface area contributed by atoms with Crippen LogP contribution in [0.25, 0.3) is 11.1 Å².